The lowest BCUT2D eigenvalue weighted by Gasteiger charge is -2.39. The maximum absolute atomic E-state index is 10.5. The van der Waals surface area contributed by atoms with E-state index in [0.29, 0.717) is 17.4 Å². The Bertz CT molecular complexity index is 735. The average molecular weight is 351 g/mol. The van der Waals surface area contributed by atoms with Gasteiger partial charge in [0.15, 0.2) is 0 Å². The van der Waals surface area contributed by atoms with E-state index in [-0.39, 0.29) is 5.41 Å². The number of hydrogen-bond donors (Lipinski definition) is 2. The van der Waals surface area contributed by atoms with Crippen LogP contribution >= 0.6 is 0 Å². The molecule has 0 atom stereocenters. The molecule has 2 aromatic rings. The molecular weight excluding hydrogens is 320 g/mol. The summed E-state index contributed by atoms with van der Waals surface area (Å²) in [5, 5.41) is 20.3. The summed E-state index contributed by atoms with van der Waals surface area (Å²) in [4.78, 5) is 0. The zero-order valence-corrected chi connectivity index (χ0v) is 15.6. The van der Waals surface area contributed by atoms with Crippen LogP contribution in [-0.4, -0.2) is 10.2 Å². The molecule has 138 valence electrons. The average Bonchev–Trinajstić information content (AvgIpc) is 2.70. The van der Waals surface area contributed by atoms with Crippen molar-refractivity contribution in [3.8, 4) is 11.5 Å². The van der Waals surface area contributed by atoms with Crippen LogP contribution in [0.1, 0.15) is 86.8 Å². The van der Waals surface area contributed by atoms with Gasteiger partial charge in [0.2, 0.25) is 0 Å². The standard InChI is InChI=1S/C24H30O2/c25-21-12-9-19(10-13-21)24(15-5-2-6-16-24)20-11-14-23(26)22(17-20)18-7-3-1-4-8-18/h9-14,17-18,25-26H,1-8,15-16H2. The molecule has 2 heteroatoms. The Morgan fingerprint density at radius 3 is 2.00 bits per heavy atom. The molecule has 0 saturated heterocycles. The normalized spacial score (nSPS) is 20.8. The molecular formula is C24H30O2. The van der Waals surface area contributed by atoms with E-state index < -0.39 is 0 Å². The predicted octanol–water partition coefficient (Wildman–Crippen LogP) is 6.40. The summed E-state index contributed by atoms with van der Waals surface area (Å²) in [5.74, 6) is 1.30. The summed E-state index contributed by atoms with van der Waals surface area (Å²) in [7, 11) is 0. The predicted molar refractivity (Wildman–Crippen MR) is 106 cm³/mol. The number of phenols is 2. The zero-order chi connectivity index (χ0) is 18.0. The van der Waals surface area contributed by atoms with Gasteiger partial charge in [-0.1, -0.05) is 62.8 Å². The molecule has 2 saturated carbocycles. The van der Waals surface area contributed by atoms with Crippen molar-refractivity contribution in [3.63, 3.8) is 0 Å². The Balaban J connectivity index is 1.77. The van der Waals surface area contributed by atoms with E-state index in [0.717, 1.165) is 18.4 Å². The summed E-state index contributed by atoms with van der Waals surface area (Å²) in [6.07, 6.45) is 12.3. The van der Waals surface area contributed by atoms with Crippen molar-refractivity contribution in [3.05, 3.63) is 59.2 Å². The van der Waals surface area contributed by atoms with Crippen molar-refractivity contribution >= 4 is 0 Å². The summed E-state index contributed by atoms with van der Waals surface area (Å²) in [5.41, 5.74) is 3.82. The van der Waals surface area contributed by atoms with Crippen LogP contribution in [0, 0.1) is 0 Å². The van der Waals surface area contributed by atoms with Crippen LogP contribution in [0.15, 0.2) is 42.5 Å². The third-order valence-electron chi connectivity index (χ3n) is 6.75. The Hall–Kier alpha value is -1.96. The van der Waals surface area contributed by atoms with Gasteiger partial charge in [-0.2, -0.15) is 0 Å². The first kappa shape index (κ1) is 17.5. The zero-order valence-electron chi connectivity index (χ0n) is 15.6. The third-order valence-corrected chi connectivity index (χ3v) is 6.75. The molecule has 2 fully saturated rings. The van der Waals surface area contributed by atoms with Crippen LogP contribution in [0.5, 0.6) is 11.5 Å². The Labute approximate surface area is 156 Å². The van der Waals surface area contributed by atoms with Crippen LogP contribution in [0.4, 0.5) is 0 Å². The minimum Gasteiger partial charge on any atom is -0.508 e. The number of aromatic hydroxyl groups is 2. The molecule has 2 aromatic carbocycles. The smallest absolute Gasteiger partial charge is 0.119 e. The van der Waals surface area contributed by atoms with Gasteiger partial charge >= 0.3 is 0 Å². The van der Waals surface area contributed by atoms with Crippen molar-refractivity contribution in [1.82, 2.24) is 0 Å². The van der Waals surface area contributed by atoms with Crippen LogP contribution in [0.2, 0.25) is 0 Å². The first-order valence-corrected chi connectivity index (χ1v) is 10.3. The van der Waals surface area contributed by atoms with Gasteiger partial charge in [-0.25, -0.2) is 0 Å². The van der Waals surface area contributed by atoms with E-state index >= 15 is 0 Å². The molecule has 0 aromatic heterocycles. The van der Waals surface area contributed by atoms with Gasteiger partial charge in [-0.15, -0.1) is 0 Å². The second kappa shape index (κ2) is 7.34. The fourth-order valence-electron chi connectivity index (χ4n) is 5.27. The van der Waals surface area contributed by atoms with Crippen LogP contribution in [0.3, 0.4) is 0 Å². The maximum atomic E-state index is 10.5. The van der Waals surface area contributed by atoms with Crippen molar-refractivity contribution in [2.45, 2.75) is 75.5 Å². The number of benzene rings is 2. The topological polar surface area (TPSA) is 40.5 Å². The maximum Gasteiger partial charge on any atom is 0.119 e. The minimum absolute atomic E-state index is 0.0169. The highest BCUT2D eigenvalue weighted by atomic mass is 16.3. The molecule has 4 rings (SSSR count). The lowest BCUT2D eigenvalue weighted by atomic mass is 9.64. The van der Waals surface area contributed by atoms with Crippen LogP contribution in [0.25, 0.3) is 0 Å². The van der Waals surface area contributed by atoms with E-state index in [4.69, 9.17) is 0 Å². The first-order valence-electron chi connectivity index (χ1n) is 10.3. The van der Waals surface area contributed by atoms with Gasteiger partial charge < -0.3 is 10.2 Å². The monoisotopic (exact) mass is 350 g/mol. The van der Waals surface area contributed by atoms with E-state index in [1.54, 1.807) is 0 Å². The Morgan fingerprint density at radius 1 is 0.692 bits per heavy atom. The Kier molecular flexibility index (Phi) is 4.93. The first-order chi connectivity index (χ1) is 12.7. The molecule has 0 heterocycles. The minimum atomic E-state index is 0.0169. The quantitative estimate of drug-likeness (QED) is 0.673. The Morgan fingerprint density at radius 2 is 1.31 bits per heavy atom. The van der Waals surface area contributed by atoms with Crippen molar-refractivity contribution in [1.29, 1.82) is 0 Å². The van der Waals surface area contributed by atoms with Crippen LogP contribution < -0.4 is 0 Å². The number of rotatable bonds is 3. The molecule has 0 amide bonds. The van der Waals surface area contributed by atoms with E-state index in [1.807, 2.05) is 18.2 Å². The summed E-state index contributed by atoms with van der Waals surface area (Å²) < 4.78 is 0. The lowest BCUT2D eigenvalue weighted by molar-refractivity contribution is 0.344. The van der Waals surface area contributed by atoms with E-state index in [9.17, 15) is 10.2 Å². The fourth-order valence-corrected chi connectivity index (χ4v) is 5.27. The summed E-state index contributed by atoms with van der Waals surface area (Å²) in [6.45, 7) is 0. The molecule has 0 aliphatic heterocycles. The van der Waals surface area contributed by atoms with Gasteiger partial charge in [0.1, 0.15) is 11.5 Å². The second-order valence-electron chi connectivity index (χ2n) is 8.30. The fraction of sp³-hybridized carbons (Fsp3) is 0.500. The van der Waals surface area contributed by atoms with E-state index in [2.05, 4.69) is 24.3 Å². The highest BCUT2D eigenvalue weighted by molar-refractivity contribution is 5.47. The molecule has 0 spiro atoms. The second-order valence-corrected chi connectivity index (χ2v) is 8.30. The molecule has 2 aliphatic carbocycles. The molecule has 2 aliphatic rings. The highest BCUT2D eigenvalue weighted by Crippen LogP contribution is 2.47. The molecule has 2 nitrogen and oxygen atoms in total. The van der Waals surface area contributed by atoms with E-state index in [1.165, 1.54) is 62.5 Å². The van der Waals surface area contributed by atoms with Crippen molar-refractivity contribution < 1.29 is 10.2 Å². The SMILES string of the molecule is Oc1ccc(C2(c3ccc(O)c(C4CCCCC4)c3)CCCCC2)cc1. The van der Waals surface area contributed by atoms with Gasteiger partial charge in [-0.05, 0) is 66.5 Å². The third kappa shape index (κ3) is 3.22. The molecule has 0 bridgehead atoms. The largest absolute Gasteiger partial charge is 0.508 e. The highest BCUT2D eigenvalue weighted by Gasteiger charge is 2.36. The van der Waals surface area contributed by atoms with Crippen molar-refractivity contribution in [2.24, 2.45) is 0 Å². The molecule has 0 unspecified atom stereocenters. The van der Waals surface area contributed by atoms with Gasteiger partial charge in [0.05, 0.1) is 0 Å². The lowest BCUT2D eigenvalue weighted by Crippen LogP contribution is -2.30. The van der Waals surface area contributed by atoms with Crippen LogP contribution in [-0.2, 0) is 5.41 Å². The molecule has 0 radical (unpaired) electrons. The summed E-state index contributed by atoms with van der Waals surface area (Å²) >= 11 is 0. The number of hydrogen-bond acceptors (Lipinski definition) is 2. The van der Waals surface area contributed by atoms with Gasteiger partial charge in [0, 0.05) is 5.41 Å². The van der Waals surface area contributed by atoms with Crippen molar-refractivity contribution in [2.75, 3.05) is 0 Å². The number of phenolic OH excluding ortho intramolecular Hbond substituents is 2. The molecule has 2 N–H and O–H groups in total. The van der Waals surface area contributed by atoms with Gasteiger partial charge in [0.25, 0.3) is 0 Å². The summed E-state index contributed by atoms with van der Waals surface area (Å²) in [6, 6.07) is 14.2. The van der Waals surface area contributed by atoms with Gasteiger partial charge in [-0.3, -0.25) is 0 Å². The molecule has 26 heavy (non-hydrogen) atoms.